The van der Waals surface area contributed by atoms with E-state index in [1.54, 1.807) is 24.3 Å². The van der Waals surface area contributed by atoms with E-state index >= 15 is 0 Å². The summed E-state index contributed by atoms with van der Waals surface area (Å²) in [6, 6.07) is 12.8. The first-order valence-corrected chi connectivity index (χ1v) is 8.74. The highest BCUT2D eigenvalue weighted by Crippen LogP contribution is 2.24. The lowest BCUT2D eigenvalue weighted by Crippen LogP contribution is -2.18. The number of nitrogens with one attached hydrogen (secondary N) is 2. The summed E-state index contributed by atoms with van der Waals surface area (Å²) in [6.07, 6.45) is 1.26. The van der Waals surface area contributed by atoms with Gasteiger partial charge in [0.25, 0.3) is 11.8 Å². The van der Waals surface area contributed by atoms with Crippen LogP contribution in [-0.2, 0) is 0 Å². The summed E-state index contributed by atoms with van der Waals surface area (Å²) in [5.41, 5.74) is -0.140. The zero-order valence-electron chi connectivity index (χ0n) is 15.4. The highest BCUT2D eigenvalue weighted by molar-refractivity contribution is 6.08. The van der Waals surface area contributed by atoms with Crippen molar-refractivity contribution in [3.05, 3.63) is 83.7 Å². The molecule has 2 N–H and O–H groups in total. The maximum absolute atomic E-state index is 13.7. The molecule has 2 amide bonds. The molecule has 0 radical (unpaired) electrons. The fourth-order valence-corrected chi connectivity index (χ4v) is 2.54. The Hall–Kier alpha value is -3.81. The molecule has 0 atom stereocenters. The number of pyridine rings is 1. The summed E-state index contributed by atoms with van der Waals surface area (Å²) in [5.74, 6) is -2.67. The number of hydrogen-bond donors (Lipinski definition) is 2. The maximum Gasteiger partial charge on any atom is 0.274 e. The molecule has 3 aromatic rings. The monoisotopic (exact) mass is 397 g/mol. The van der Waals surface area contributed by atoms with Crippen LogP contribution < -0.4 is 15.4 Å². The molecule has 0 spiro atoms. The molecule has 0 saturated carbocycles. The van der Waals surface area contributed by atoms with Crippen molar-refractivity contribution in [2.45, 2.75) is 6.92 Å². The summed E-state index contributed by atoms with van der Waals surface area (Å²) in [5, 5.41) is 4.84. The Morgan fingerprint density at radius 1 is 0.966 bits per heavy atom. The first-order valence-electron chi connectivity index (χ1n) is 8.74. The van der Waals surface area contributed by atoms with Gasteiger partial charge in [0.15, 0.2) is 0 Å². The normalized spacial score (nSPS) is 10.3. The minimum Gasteiger partial charge on any atom is -0.492 e. The summed E-state index contributed by atoms with van der Waals surface area (Å²) in [4.78, 5) is 28.8. The Kier molecular flexibility index (Phi) is 6.13. The van der Waals surface area contributed by atoms with E-state index in [-0.39, 0.29) is 11.3 Å². The number of amides is 2. The van der Waals surface area contributed by atoms with Crippen molar-refractivity contribution < 1.29 is 23.1 Å². The molecule has 0 fully saturated rings. The number of rotatable bonds is 6. The van der Waals surface area contributed by atoms with Crippen molar-refractivity contribution in [3.63, 3.8) is 0 Å². The quantitative estimate of drug-likeness (QED) is 0.651. The second-order valence-electron chi connectivity index (χ2n) is 5.86. The van der Waals surface area contributed by atoms with Crippen LogP contribution in [0, 0.1) is 11.6 Å². The number of anilines is 2. The lowest BCUT2D eigenvalue weighted by molar-refractivity contribution is 0.102. The van der Waals surface area contributed by atoms with Gasteiger partial charge in [0.1, 0.15) is 28.8 Å². The third-order valence-electron chi connectivity index (χ3n) is 3.89. The van der Waals surface area contributed by atoms with Gasteiger partial charge in [-0.15, -0.1) is 0 Å². The van der Waals surface area contributed by atoms with Crippen LogP contribution in [0.15, 0.2) is 60.8 Å². The molecule has 0 aliphatic carbocycles. The number of para-hydroxylation sites is 3. The Morgan fingerprint density at radius 2 is 1.69 bits per heavy atom. The van der Waals surface area contributed by atoms with Crippen molar-refractivity contribution in [2.75, 3.05) is 17.2 Å². The second-order valence-corrected chi connectivity index (χ2v) is 5.86. The number of carbonyl (C=O) groups is 2. The van der Waals surface area contributed by atoms with Crippen molar-refractivity contribution >= 4 is 23.2 Å². The van der Waals surface area contributed by atoms with E-state index < -0.39 is 29.1 Å². The number of ether oxygens (including phenoxy) is 1. The minimum atomic E-state index is -0.917. The summed E-state index contributed by atoms with van der Waals surface area (Å²) in [7, 11) is 0. The van der Waals surface area contributed by atoms with Gasteiger partial charge in [-0.05, 0) is 43.3 Å². The van der Waals surface area contributed by atoms with E-state index in [9.17, 15) is 18.4 Å². The molecule has 8 heteroatoms. The Morgan fingerprint density at radius 3 is 2.41 bits per heavy atom. The van der Waals surface area contributed by atoms with Crippen molar-refractivity contribution in [1.82, 2.24) is 4.98 Å². The molecule has 0 aliphatic heterocycles. The first-order chi connectivity index (χ1) is 14.0. The average molecular weight is 397 g/mol. The number of hydrogen-bond acceptors (Lipinski definition) is 4. The van der Waals surface area contributed by atoms with Crippen molar-refractivity contribution in [2.24, 2.45) is 0 Å². The first kappa shape index (κ1) is 19.9. The smallest absolute Gasteiger partial charge is 0.274 e. The van der Waals surface area contributed by atoms with E-state index in [0.29, 0.717) is 18.0 Å². The molecular weight excluding hydrogens is 380 g/mol. The van der Waals surface area contributed by atoms with Gasteiger partial charge >= 0.3 is 0 Å². The SMILES string of the molecule is CCOc1ccccc1NC(=O)c1ccnc(C(=O)Nc2c(F)cccc2F)c1. The van der Waals surface area contributed by atoms with E-state index in [1.165, 1.54) is 24.4 Å². The molecule has 1 aromatic heterocycles. The van der Waals surface area contributed by atoms with Crippen LogP contribution in [0.3, 0.4) is 0 Å². The maximum atomic E-state index is 13.7. The van der Waals surface area contributed by atoms with Gasteiger partial charge in [0.05, 0.1) is 12.3 Å². The van der Waals surface area contributed by atoms with Gasteiger partial charge < -0.3 is 15.4 Å². The van der Waals surface area contributed by atoms with Gasteiger partial charge in [-0.2, -0.15) is 0 Å². The number of aromatic nitrogens is 1. The van der Waals surface area contributed by atoms with Crippen LogP contribution in [0.4, 0.5) is 20.2 Å². The summed E-state index contributed by atoms with van der Waals surface area (Å²) >= 11 is 0. The number of nitrogens with zero attached hydrogens (tertiary/aromatic N) is 1. The summed E-state index contributed by atoms with van der Waals surface area (Å²) < 4.78 is 32.9. The predicted octanol–water partition coefficient (Wildman–Crippen LogP) is 4.26. The van der Waals surface area contributed by atoms with E-state index in [2.05, 4.69) is 15.6 Å². The lowest BCUT2D eigenvalue weighted by atomic mass is 10.2. The third-order valence-corrected chi connectivity index (χ3v) is 3.89. The highest BCUT2D eigenvalue weighted by atomic mass is 19.1. The molecule has 0 unspecified atom stereocenters. The molecule has 6 nitrogen and oxygen atoms in total. The van der Waals surface area contributed by atoms with Crippen LogP contribution in [0.25, 0.3) is 0 Å². The lowest BCUT2D eigenvalue weighted by Gasteiger charge is -2.11. The predicted molar refractivity (Wildman–Crippen MR) is 104 cm³/mol. The van der Waals surface area contributed by atoms with Gasteiger partial charge in [0, 0.05) is 11.8 Å². The Bertz CT molecular complexity index is 1040. The fraction of sp³-hybridized carbons (Fsp3) is 0.0952. The zero-order valence-corrected chi connectivity index (χ0v) is 15.4. The fourth-order valence-electron chi connectivity index (χ4n) is 2.54. The molecule has 0 saturated heterocycles. The number of carbonyl (C=O) groups excluding carboxylic acids is 2. The van der Waals surface area contributed by atoms with Crippen LogP contribution in [0.5, 0.6) is 5.75 Å². The average Bonchev–Trinajstić information content (AvgIpc) is 2.72. The standard InChI is InChI=1S/C21H17F2N3O3/c1-2-29-18-9-4-3-8-16(18)25-20(27)13-10-11-24-17(12-13)21(28)26-19-14(22)6-5-7-15(19)23/h3-12H,2H2,1H3,(H,25,27)(H,26,28). The molecule has 148 valence electrons. The van der Waals surface area contributed by atoms with Crippen LogP contribution in [0.2, 0.25) is 0 Å². The second kappa shape index (κ2) is 8.92. The van der Waals surface area contributed by atoms with Crippen molar-refractivity contribution in [3.8, 4) is 5.75 Å². The Labute approximate surface area is 165 Å². The van der Waals surface area contributed by atoms with Gasteiger partial charge in [-0.3, -0.25) is 14.6 Å². The molecule has 1 heterocycles. The molecule has 2 aromatic carbocycles. The van der Waals surface area contributed by atoms with Gasteiger partial charge in [-0.1, -0.05) is 18.2 Å². The van der Waals surface area contributed by atoms with Crippen LogP contribution in [-0.4, -0.2) is 23.4 Å². The molecule has 3 rings (SSSR count). The number of benzene rings is 2. The highest BCUT2D eigenvalue weighted by Gasteiger charge is 2.17. The largest absolute Gasteiger partial charge is 0.492 e. The van der Waals surface area contributed by atoms with E-state index in [4.69, 9.17) is 4.74 Å². The molecular formula is C21H17F2N3O3. The molecule has 0 aliphatic rings. The summed E-state index contributed by atoms with van der Waals surface area (Å²) in [6.45, 7) is 2.25. The Balaban J connectivity index is 1.79. The zero-order chi connectivity index (χ0) is 20.8. The molecule has 29 heavy (non-hydrogen) atoms. The van der Waals surface area contributed by atoms with E-state index in [0.717, 1.165) is 12.1 Å². The third kappa shape index (κ3) is 4.73. The topological polar surface area (TPSA) is 80.3 Å². The van der Waals surface area contributed by atoms with Gasteiger partial charge in [0.2, 0.25) is 0 Å². The molecule has 0 bridgehead atoms. The van der Waals surface area contributed by atoms with Crippen LogP contribution in [0.1, 0.15) is 27.8 Å². The van der Waals surface area contributed by atoms with Gasteiger partial charge in [-0.25, -0.2) is 8.78 Å². The minimum absolute atomic E-state index is 0.144. The number of halogens is 2. The van der Waals surface area contributed by atoms with Crippen molar-refractivity contribution in [1.29, 1.82) is 0 Å². The van der Waals surface area contributed by atoms with Crippen LogP contribution >= 0.6 is 0 Å². The van der Waals surface area contributed by atoms with E-state index in [1.807, 2.05) is 6.92 Å².